The van der Waals surface area contributed by atoms with E-state index in [-0.39, 0.29) is 141 Å². The van der Waals surface area contributed by atoms with Crippen molar-refractivity contribution in [3.05, 3.63) is 24.8 Å². The third kappa shape index (κ3) is 13.8. The number of hydrogen-bond donors (Lipinski definition) is 3. The van der Waals surface area contributed by atoms with E-state index in [1.807, 2.05) is 6.20 Å². The molecule has 0 saturated heterocycles. The standard InChI is InChI=1S/C27H42N2O4.C23H37BrO3.C4H6N2O.CH2O3.CH4.2K.H/c1-25-11-12-27(31,17-32-3)13-18(25)5-6-20-21-7-8-23(26(21,2)10-9-22(20)25)24(30)16-29-15-19(33-4)14-28-29;1-21-10-11-23(26,14-27-3)12-15(21)4-5-16-17-6-7-19(20(25)13-24)22(17,2)9-8-18(16)21;1-7-4-2-5-6-3-4;2-1-4-3;;;;/h14-15,18,20-23,31H,5-13,16-17H2,1-4H3;15-19,26H,4-14H2,1-3H3;2-3H,1H3,(H,5,6);1,3H;1H4;;;/q;;;;;2*+1;-1/p-1/t18-,20-,21-,22-,23+,25-,26-,27+;15-,16-,17-,18-,19+,21-,22-,23+;;;;;;/m00....../s1. The fourth-order valence-electron chi connectivity index (χ4n) is 17.8. The first kappa shape index (κ1) is 66.9. The van der Waals surface area contributed by atoms with Crippen molar-refractivity contribution in [1.29, 1.82) is 0 Å². The van der Waals surface area contributed by atoms with Crippen molar-refractivity contribution in [3.63, 3.8) is 0 Å². The molecule has 0 amide bonds. The first-order valence-corrected chi connectivity index (χ1v) is 27.8. The number of hydrogen-bond acceptors (Lipinski definition) is 13. The van der Waals surface area contributed by atoms with Crippen LogP contribution in [-0.2, 0) is 35.3 Å². The summed E-state index contributed by atoms with van der Waals surface area (Å²) in [5.41, 5.74) is -0.241. The number of carbonyl (C=O) groups excluding carboxylic acids is 3. The molecule has 74 heavy (non-hydrogen) atoms. The molecule has 10 rings (SSSR count). The predicted molar refractivity (Wildman–Crippen MR) is 277 cm³/mol. The molecule has 16 atom stereocenters. The number of aromatic amines is 1. The molecule has 8 aliphatic rings. The van der Waals surface area contributed by atoms with Crippen LogP contribution in [-0.4, -0.2) is 106 Å². The number of carbonyl (C=O) groups is 3. The minimum atomic E-state index is -0.644. The fraction of sp³-hybridized carbons (Fsp3) is 0.839. The number of methoxy groups -OCH3 is 4. The maximum absolute atomic E-state index is 13.4. The van der Waals surface area contributed by atoms with E-state index in [2.05, 4.69) is 63.8 Å². The van der Waals surface area contributed by atoms with Gasteiger partial charge in [0.25, 0.3) is 6.47 Å². The Morgan fingerprint density at radius 3 is 1.54 bits per heavy atom. The van der Waals surface area contributed by atoms with Crippen LogP contribution < -0.4 is 118 Å². The van der Waals surface area contributed by atoms with Crippen molar-refractivity contribution >= 4 is 34.0 Å². The first-order valence-electron chi connectivity index (χ1n) is 26.7. The number of aliphatic hydroxyl groups is 2. The van der Waals surface area contributed by atoms with E-state index in [1.165, 1.54) is 57.8 Å². The molecular formula is C56H91BrK2N4O11. The maximum Gasteiger partial charge on any atom is 1.00 e. The Bertz CT molecular complexity index is 2100. The molecule has 15 nitrogen and oxygen atoms in total. The second-order valence-electron chi connectivity index (χ2n) is 24.4. The van der Waals surface area contributed by atoms with Gasteiger partial charge in [-0.25, -0.2) is 0 Å². The van der Waals surface area contributed by atoms with Crippen molar-refractivity contribution in [2.24, 2.45) is 80.8 Å². The molecule has 0 bridgehead atoms. The zero-order valence-corrected chi connectivity index (χ0v) is 53.8. The van der Waals surface area contributed by atoms with Crippen LogP contribution in [0.15, 0.2) is 24.8 Å². The largest absolute Gasteiger partial charge is 1.00 e. The van der Waals surface area contributed by atoms with E-state index in [4.69, 9.17) is 29.0 Å². The number of nitrogens with zero attached hydrogens (tertiary/aromatic N) is 3. The van der Waals surface area contributed by atoms with Gasteiger partial charge in [-0.05, 0) is 185 Å². The molecule has 8 saturated carbocycles. The Labute approximate surface area is 537 Å². The normalized spacial score (nSPS) is 39.9. The number of fused-ring (bicyclic) bond motifs is 10. The number of H-pyrrole nitrogens is 1. The van der Waals surface area contributed by atoms with Crippen LogP contribution in [0, 0.1) is 80.8 Å². The van der Waals surface area contributed by atoms with Crippen molar-refractivity contribution in [2.75, 3.05) is 47.0 Å². The van der Waals surface area contributed by atoms with E-state index >= 15 is 0 Å². The predicted octanol–water partition coefficient (Wildman–Crippen LogP) is 3.09. The smallest absolute Gasteiger partial charge is 1.00 e. The summed E-state index contributed by atoms with van der Waals surface area (Å²) < 4.78 is 22.4. The average molecular weight is 1150 g/mol. The molecule has 0 radical (unpaired) electrons. The summed E-state index contributed by atoms with van der Waals surface area (Å²) in [7, 11) is 6.63. The Balaban J connectivity index is 0.000000318. The second-order valence-corrected chi connectivity index (χ2v) is 24.9. The average Bonchev–Trinajstić information content (AvgIpc) is 4.19. The van der Waals surface area contributed by atoms with Gasteiger partial charge in [-0.1, -0.05) is 51.1 Å². The van der Waals surface area contributed by atoms with E-state index in [0.29, 0.717) is 71.0 Å². The molecule has 0 spiro atoms. The Morgan fingerprint density at radius 2 is 1.16 bits per heavy atom. The second kappa shape index (κ2) is 28.4. The SMILES string of the molecule is C.COC[C@@]1(O)CC[C@@]2(C)[C@@H](CC[C@@H]3[C@@H]2CC[C@]2(C)[C@@H](C(=O)CBr)CC[C@@H]32)C1.COC[C@@]1(O)CC[C@@]2(C)[C@@H](CC[C@@H]3[C@@H]2CC[C@]2(C)[C@@H](C(=O)Cn4cc(OC)cn4)CC[C@@H]32)C1.COc1cn[nH]c1.O=CO[O-].[H-].[K+].[K+]. The fourth-order valence-corrected chi connectivity index (χ4v) is 18.1. The van der Waals surface area contributed by atoms with Crippen LogP contribution in [0.1, 0.15) is 152 Å². The summed E-state index contributed by atoms with van der Waals surface area (Å²) in [5.74, 6) is 8.24. The monoisotopic (exact) mass is 1150 g/mol. The van der Waals surface area contributed by atoms with Gasteiger partial charge in [-0.2, -0.15) is 10.2 Å². The van der Waals surface area contributed by atoms with Gasteiger partial charge in [0.05, 0.1) is 75.3 Å². The molecule has 0 aliphatic heterocycles. The van der Waals surface area contributed by atoms with Gasteiger partial charge < -0.3 is 40.7 Å². The van der Waals surface area contributed by atoms with Crippen LogP contribution in [0.5, 0.6) is 11.5 Å². The number of nitrogens with one attached hydrogen (secondary N) is 1. The maximum atomic E-state index is 13.4. The van der Waals surface area contributed by atoms with Gasteiger partial charge in [-0.15, -0.1) is 0 Å². The molecule has 2 heterocycles. The summed E-state index contributed by atoms with van der Waals surface area (Å²) in [5, 5.41) is 41.5. The van der Waals surface area contributed by atoms with Crippen LogP contribution in [0.25, 0.3) is 0 Å². The van der Waals surface area contributed by atoms with Crippen molar-refractivity contribution in [3.8, 4) is 11.5 Å². The number of alkyl halides is 1. The van der Waals surface area contributed by atoms with Crippen LogP contribution in [0.4, 0.5) is 0 Å². The van der Waals surface area contributed by atoms with Gasteiger partial charge in [-0.3, -0.25) is 24.2 Å². The molecule has 0 aromatic carbocycles. The third-order valence-electron chi connectivity index (χ3n) is 21.3. The minimum Gasteiger partial charge on any atom is -1.00 e. The van der Waals surface area contributed by atoms with E-state index in [0.717, 1.165) is 93.1 Å². The zero-order chi connectivity index (χ0) is 51.4. The summed E-state index contributed by atoms with van der Waals surface area (Å²) in [4.78, 5) is 37.2. The van der Waals surface area contributed by atoms with Crippen molar-refractivity contribution < 1.29 is 158 Å². The summed E-state index contributed by atoms with van der Waals surface area (Å²) in [6.45, 7) is 11.0. The molecule has 2 aromatic rings. The molecule has 3 N–H and O–H groups in total. The Kier molecular flexibility index (Phi) is 25.7. The van der Waals surface area contributed by atoms with Crippen molar-refractivity contribution in [2.45, 2.75) is 168 Å². The van der Waals surface area contributed by atoms with Gasteiger partial charge >= 0.3 is 103 Å². The van der Waals surface area contributed by atoms with Gasteiger partial charge in [0, 0.05) is 26.1 Å². The van der Waals surface area contributed by atoms with E-state index < -0.39 is 11.2 Å². The van der Waals surface area contributed by atoms with Gasteiger partial charge in [0.2, 0.25) is 0 Å². The molecule has 410 valence electrons. The van der Waals surface area contributed by atoms with E-state index in [9.17, 15) is 19.8 Å². The Morgan fingerprint density at radius 1 is 0.703 bits per heavy atom. The van der Waals surface area contributed by atoms with Gasteiger partial charge in [0.15, 0.2) is 17.3 Å². The van der Waals surface area contributed by atoms with E-state index in [1.54, 1.807) is 51.7 Å². The number of ketones is 2. The topological polar surface area (TPSA) is 207 Å². The third-order valence-corrected chi connectivity index (χ3v) is 21.8. The summed E-state index contributed by atoms with van der Waals surface area (Å²) >= 11 is 3.43. The quantitative estimate of drug-likeness (QED) is 0.0920. The molecule has 8 fully saturated rings. The summed E-state index contributed by atoms with van der Waals surface area (Å²) in [6.07, 6.45) is 27.0. The van der Waals surface area contributed by atoms with Crippen LogP contribution in [0.3, 0.4) is 0 Å². The molecule has 18 heteroatoms. The molecular weight excluding hydrogens is 1060 g/mol. The number of aromatic nitrogens is 4. The summed E-state index contributed by atoms with van der Waals surface area (Å²) in [6, 6.07) is 0. The number of halogens is 1. The van der Waals surface area contributed by atoms with Crippen LogP contribution >= 0.6 is 15.9 Å². The number of Topliss-reactive ketones (excluding diaryl/α,β-unsaturated/α-hetero) is 2. The molecule has 2 aromatic heterocycles. The van der Waals surface area contributed by atoms with Gasteiger partial charge in [0.1, 0.15) is 5.78 Å². The number of rotatable bonds is 12. The molecule has 0 unspecified atom stereocenters. The minimum absolute atomic E-state index is 0. The number of ether oxygens (including phenoxy) is 4. The Hall–Kier alpha value is 0.383. The molecule has 8 aliphatic carbocycles. The zero-order valence-electron chi connectivity index (χ0n) is 47.0. The van der Waals surface area contributed by atoms with Crippen LogP contribution in [0.2, 0.25) is 0 Å². The first-order chi connectivity index (χ1) is 33.8. The van der Waals surface area contributed by atoms with Crippen molar-refractivity contribution in [1.82, 2.24) is 20.0 Å².